The fourth-order valence-corrected chi connectivity index (χ4v) is 4.07. The Kier molecular flexibility index (Phi) is 6.21. The number of methoxy groups -OCH3 is 2. The van der Waals surface area contributed by atoms with E-state index >= 15 is 0 Å². The molecule has 1 aromatic carbocycles. The lowest BCUT2D eigenvalue weighted by molar-refractivity contribution is 0.216. The molecule has 0 aliphatic carbocycles. The topological polar surface area (TPSA) is 33.7 Å². The Bertz CT molecular complexity index is 456. The summed E-state index contributed by atoms with van der Waals surface area (Å²) < 4.78 is 10.8. The third-order valence-electron chi connectivity index (χ3n) is 4.02. The number of hydrogen-bond donors (Lipinski definition) is 1. The molecule has 1 aliphatic rings. The zero-order valence-corrected chi connectivity index (χ0v) is 14.2. The van der Waals surface area contributed by atoms with Crippen LogP contribution in [0.1, 0.15) is 18.5 Å². The van der Waals surface area contributed by atoms with Crippen molar-refractivity contribution in [3.05, 3.63) is 23.8 Å². The number of thioether (sulfide) groups is 1. The van der Waals surface area contributed by atoms with E-state index in [1.54, 1.807) is 14.2 Å². The van der Waals surface area contributed by atoms with Gasteiger partial charge in [0.2, 0.25) is 0 Å². The summed E-state index contributed by atoms with van der Waals surface area (Å²) >= 11 is 2.04. The summed E-state index contributed by atoms with van der Waals surface area (Å²) in [6, 6.07) is 7.05. The molecule has 1 heterocycles. The van der Waals surface area contributed by atoms with Gasteiger partial charge in [-0.25, -0.2) is 0 Å². The van der Waals surface area contributed by atoms with Crippen molar-refractivity contribution in [3.63, 3.8) is 0 Å². The van der Waals surface area contributed by atoms with Crippen molar-refractivity contribution in [2.24, 2.45) is 0 Å². The van der Waals surface area contributed by atoms with Crippen molar-refractivity contribution in [2.75, 3.05) is 45.9 Å². The zero-order chi connectivity index (χ0) is 15.2. The molecule has 0 aromatic heterocycles. The minimum absolute atomic E-state index is 0.313. The van der Waals surface area contributed by atoms with E-state index in [-0.39, 0.29) is 0 Å². The number of benzene rings is 1. The Morgan fingerprint density at radius 1 is 1.33 bits per heavy atom. The Morgan fingerprint density at radius 2 is 2.10 bits per heavy atom. The summed E-state index contributed by atoms with van der Waals surface area (Å²) in [6.07, 6.45) is 0. The van der Waals surface area contributed by atoms with Crippen molar-refractivity contribution in [1.29, 1.82) is 0 Å². The van der Waals surface area contributed by atoms with E-state index in [4.69, 9.17) is 9.47 Å². The molecule has 4 nitrogen and oxygen atoms in total. The van der Waals surface area contributed by atoms with Gasteiger partial charge in [-0.2, -0.15) is 11.8 Å². The lowest BCUT2D eigenvalue weighted by Crippen LogP contribution is -2.47. The van der Waals surface area contributed by atoms with Crippen LogP contribution in [0.3, 0.4) is 0 Å². The highest BCUT2D eigenvalue weighted by molar-refractivity contribution is 7.99. The van der Waals surface area contributed by atoms with Crippen molar-refractivity contribution in [3.8, 4) is 11.5 Å². The maximum atomic E-state index is 5.45. The third-order valence-corrected chi connectivity index (χ3v) is 5.07. The Labute approximate surface area is 132 Å². The van der Waals surface area contributed by atoms with E-state index in [9.17, 15) is 0 Å². The van der Waals surface area contributed by atoms with Crippen LogP contribution in [-0.2, 0) is 0 Å². The Balaban J connectivity index is 2.28. The number of ether oxygens (including phenoxy) is 2. The van der Waals surface area contributed by atoms with Gasteiger partial charge in [-0.15, -0.1) is 0 Å². The van der Waals surface area contributed by atoms with Crippen LogP contribution in [0.5, 0.6) is 11.5 Å². The monoisotopic (exact) mass is 310 g/mol. The Hall–Kier alpha value is -0.910. The predicted octanol–water partition coefficient (Wildman–Crippen LogP) is 2.40. The third kappa shape index (κ3) is 3.84. The summed E-state index contributed by atoms with van der Waals surface area (Å²) in [6.45, 7) is 4.25. The second kappa shape index (κ2) is 7.92. The summed E-state index contributed by atoms with van der Waals surface area (Å²) in [5, 5.41) is 3.64. The van der Waals surface area contributed by atoms with Gasteiger partial charge in [-0.1, -0.05) is 13.0 Å². The standard InChI is InChI=1S/C16H26N2O2S/c1-5-17-16(13-11-21-9-8-18(13)2)12-6-7-14(19-3)15(10-12)20-4/h6-7,10,13,16-17H,5,8-9,11H2,1-4H3. The predicted molar refractivity (Wildman–Crippen MR) is 89.7 cm³/mol. The molecule has 2 rings (SSSR count). The normalized spacial score (nSPS) is 21.0. The summed E-state index contributed by atoms with van der Waals surface area (Å²) in [7, 11) is 5.58. The van der Waals surface area contributed by atoms with Crippen LogP contribution in [0.25, 0.3) is 0 Å². The summed E-state index contributed by atoms with van der Waals surface area (Å²) in [4.78, 5) is 2.46. The van der Waals surface area contributed by atoms with Crippen LogP contribution in [0.15, 0.2) is 18.2 Å². The highest BCUT2D eigenvalue weighted by Gasteiger charge is 2.29. The molecule has 0 amide bonds. The average molecular weight is 310 g/mol. The van der Waals surface area contributed by atoms with E-state index < -0.39 is 0 Å². The number of hydrogen-bond acceptors (Lipinski definition) is 5. The molecule has 0 bridgehead atoms. The maximum Gasteiger partial charge on any atom is 0.161 e. The van der Waals surface area contributed by atoms with Crippen LogP contribution >= 0.6 is 11.8 Å². The average Bonchev–Trinajstić information content (AvgIpc) is 2.53. The molecule has 2 atom stereocenters. The van der Waals surface area contributed by atoms with E-state index in [0.717, 1.165) is 30.3 Å². The molecule has 1 N–H and O–H groups in total. The SMILES string of the molecule is CCNC(c1ccc(OC)c(OC)c1)C1CSCCN1C. The van der Waals surface area contributed by atoms with Crippen molar-refractivity contribution in [2.45, 2.75) is 19.0 Å². The zero-order valence-electron chi connectivity index (χ0n) is 13.4. The lowest BCUT2D eigenvalue weighted by Gasteiger charge is -2.38. The lowest BCUT2D eigenvalue weighted by atomic mass is 9.98. The van der Waals surface area contributed by atoms with Gasteiger partial charge >= 0.3 is 0 Å². The van der Waals surface area contributed by atoms with Gasteiger partial charge in [0.15, 0.2) is 11.5 Å². The van der Waals surface area contributed by atoms with Gasteiger partial charge in [0.1, 0.15) is 0 Å². The minimum atomic E-state index is 0.313. The summed E-state index contributed by atoms with van der Waals surface area (Å²) in [5.41, 5.74) is 1.26. The van der Waals surface area contributed by atoms with Crippen LogP contribution in [0.4, 0.5) is 0 Å². The Morgan fingerprint density at radius 3 is 2.71 bits per heavy atom. The molecule has 118 valence electrons. The number of nitrogens with one attached hydrogen (secondary N) is 1. The molecular formula is C16H26N2O2S. The van der Waals surface area contributed by atoms with E-state index in [0.29, 0.717) is 12.1 Å². The quantitative estimate of drug-likeness (QED) is 0.872. The fourth-order valence-electron chi connectivity index (χ4n) is 2.80. The minimum Gasteiger partial charge on any atom is -0.493 e. The molecule has 5 heteroatoms. The van der Waals surface area contributed by atoms with Crippen LogP contribution in [-0.4, -0.2) is 56.8 Å². The first-order chi connectivity index (χ1) is 10.2. The highest BCUT2D eigenvalue weighted by atomic mass is 32.2. The van der Waals surface area contributed by atoms with Crippen LogP contribution in [0.2, 0.25) is 0 Å². The van der Waals surface area contributed by atoms with Gasteiger partial charge in [-0.3, -0.25) is 4.90 Å². The van der Waals surface area contributed by atoms with Crippen molar-refractivity contribution in [1.82, 2.24) is 10.2 Å². The van der Waals surface area contributed by atoms with Gasteiger partial charge < -0.3 is 14.8 Å². The molecular weight excluding hydrogens is 284 g/mol. The molecule has 1 fully saturated rings. The first kappa shape index (κ1) is 16.5. The maximum absolute atomic E-state index is 5.45. The van der Waals surface area contributed by atoms with Gasteiger partial charge in [0.25, 0.3) is 0 Å². The second-order valence-corrected chi connectivity index (χ2v) is 6.42. The summed E-state index contributed by atoms with van der Waals surface area (Å²) in [5.74, 6) is 3.95. The first-order valence-electron chi connectivity index (χ1n) is 7.44. The van der Waals surface area contributed by atoms with Gasteiger partial charge in [0, 0.05) is 30.1 Å². The molecule has 1 saturated heterocycles. The molecule has 0 radical (unpaired) electrons. The number of rotatable bonds is 6. The van der Waals surface area contributed by atoms with E-state index in [2.05, 4.69) is 36.3 Å². The largest absolute Gasteiger partial charge is 0.493 e. The molecule has 1 aliphatic heterocycles. The number of nitrogens with zero attached hydrogens (tertiary/aromatic N) is 1. The molecule has 2 unspecified atom stereocenters. The van der Waals surface area contributed by atoms with E-state index in [1.807, 2.05) is 17.8 Å². The van der Waals surface area contributed by atoms with Crippen LogP contribution in [0, 0.1) is 0 Å². The van der Waals surface area contributed by atoms with Crippen LogP contribution < -0.4 is 14.8 Å². The molecule has 0 spiro atoms. The van der Waals surface area contributed by atoms with Crippen molar-refractivity contribution < 1.29 is 9.47 Å². The molecule has 21 heavy (non-hydrogen) atoms. The second-order valence-electron chi connectivity index (χ2n) is 5.27. The van der Waals surface area contributed by atoms with Gasteiger partial charge in [0.05, 0.1) is 14.2 Å². The van der Waals surface area contributed by atoms with E-state index in [1.165, 1.54) is 11.3 Å². The molecule has 1 aromatic rings. The molecule has 0 saturated carbocycles. The highest BCUT2D eigenvalue weighted by Crippen LogP contribution is 2.33. The van der Waals surface area contributed by atoms with Crippen molar-refractivity contribution >= 4 is 11.8 Å². The smallest absolute Gasteiger partial charge is 0.161 e. The number of likely N-dealkylation sites (N-methyl/N-ethyl adjacent to an activating group) is 2. The van der Waals surface area contributed by atoms with Gasteiger partial charge in [-0.05, 0) is 31.3 Å². The first-order valence-corrected chi connectivity index (χ1v) is 8.60. The fraction of sp³-hybridized carbons (Fsp3) is 0.625.